The molecule has 1 amide bonds. The lowest BCUT2D eigenvalue weighted by Gasteiger charge is -2.35. The third-order valence-electron chi connectivity index (χ3n) is 4.69. The number of benzene rings is 1. The molecule has 1 aromatic rings. The summed E-state index contributed by atoms with van der Waals surface area (Å²) in [6.45, 7) is 6.28. The maximum Gasteiger partial charge on any atom is 0.408 e. The number of nitriles is 1. The first-order valence-electron chi connectivity index (χ1n) is 9.21. The van der Waals surface area contributed by atoms with E-state index < -0.39 is 44.3 Å². The molecule has 0 radical (unpaired) electrons. The van der Waals surface area contributed by atoms with Crippen molar-refractivity contribution in [3.05, 3.63) is 35.6 Å². The molecular weight excluding hydrogens is 402 g/mol. The van der Waals surface area contributed by atoms with Crippen molar-refractivity contribution in [1.29, 1.82) is 5.26 Å². The van der Waals surface area contributed by atoms with Crippen LogP contribution in [0.5, 0.6) is 0 Å². The third kappa shape index (κ3) is 5.89. The zero-order valence-corrected chi connectivity index (χ0v) is 18.2. The van der Waals surface area contributed by atoms with Crippen LogP contribution in [0.15, 0.2) is 24.3 Å². The number of rotatable bonds is 8. The molecule has 0 aliphatic heterocycles. The van der Waals surface area contributed by atoms with Crippen molar-refractivity contribution in [2.45, 2.75) is 63.3 Å². The number of halogens is 2. The molecule has 9 heteroatoms. The summed E-state index contributed by atoms with van der Waals surface area (Å²) in [7, 11) is -3.81. The summed E-state index contributed by atoms with van der Waals surface area (Å²) >= 11 is 0. The molecular formula is C20H28F2N2O4S. The Morgan fingerprint density at radius 1 is 1.21 bits per heavy atom. The largest absolute Gasteiger partial charge is 0.444 e. The van der Waals surface area contributed by atoms with E-state index in [1.54, 1.807) is 26.8 Å². The average molecular weight is 431 g/mol. The fourth-order valence-electron chi connectivity index (χ4n) is 2.84. The van der Waals surface area contributed by atoms with Crippen LogP contribution in [0.25, 0.3) is 0 Å². The minimum Gasteiger partial charge on any atom is -0.444 e. The summed E-state index contributed by atoms with van der Waals surface area (Å²) in [6.07, 6.45) is -1.61. The lowest BCUT2D eigenvalue weighted by atomic mass is 9.84. The summed E-state index contributed by atoms with van der Waals surface area (Å²) in [5, 5.41) is 11.9. The molecule has 29 heavy (non-hydrogen) atoms. The number of hydrogen-bond donors (Lipinski definition) is 1. The van der Waals surface area contributed by atoms with E-state index in [0.29, 0.717) is 0 Å². The van der Waals surface area contributed by atoms with Gasteiger partial charge in [0.05, 0.1) is 11.6 Å². The van der Waals surface area contributed by atoms with Crippen LogP contribution in [0.3, 0.4) is 0 Å². The molecule has 1 N–H and O–H groups in total. The lowest BCUT2D eigenvalue weighted by molar-refractivity contribution is 0.0416. The first kappa shape index (κ1) is 24.8. The molecule has 0 aliphatic rings. The van der Waals surface area contributed by atoms with Crippen LogP contribution in [0.2, 0.25) is 0 Å². The monoisotopic (exact) mass is 430 g/mol. The van der Waals surface area contributed by atoms with Crippen molar-refractivity contribution in [2.75, 3.05) is 12.4 Å². The summed E-state index contributed by atoms with van der Waals surface area (Å²) in [6, 6.07) is 7.09. The van der Waals surface area contributed by atoms with Gasteiger partial charge in [-0.25, -0.2) is 22.0 Å². The van der Waals surface area contributed by atoms with Gasteiger partial charge < -0.3 is 10.1 Å². The molecule has 1 rings (SSSR count). The van der Waals surface area contributed by atoms with Gasteiger partial charge >= 0.3 is 6.09 Å². The predicted octanol–water partition coefficient (Wildman–Crippen LogP) is 4.01. The zero-order chi connectivity index (χ0) is 22.5. The van der Waals surface area contributed by atoms with Gasteiger partial charge in [-0.05, 0) is 46.6 Å². The molecule has 162 valence electrons. The van der Waals surface area contributed by atoms with Gasteiger partial charge in [0.2, 0.25) is 0 Å². The van der Waals surface area contributed by atoms with Crippen LogP contribution in [0, 0.1) is 17.1 Å². The van der Waals surface area contributed by atoms with Gasteiger partial charge in [-0.3, -0.25) is 0 Å². The molecule has 0 aliphatic carbocycles. The highest BCUT2D eigenvalue weighted by Gasteiger charge is 2.44. The Hall–Kier alpha value is -2.21. The Morgan fingerprint density at radius 3 is 2.24 bits per heavy atom. The number of alkyl carbamates (subject to hydrolysis) is 1. The highest BCUT2D eigenvalue weighted by molar-refractivity contribution is 7.93. The molecule has 0 saturated carbocycles. The van der Waals surface area contributed by atoms with Crippen molar-refractivity contribution in [3.63, 3.8) is 0 Å². The van der Waals surface area contributed by atoms with Crippen molar-refractivity contribution < 1.29 is 26.7 Å². The van der Waals surface area contributed by atoms with E-state index >= 15 is 0 Å². The predicted molar refractivity (Wildman–Crippen MR) is 106 cm³/mol. The molecule has 0 spiro atoms. The van der Waals surface area contributed by atoms with Crippen molar-refractivity contribution >= 4 is 15.9 Å². The second-order valence-corrected chi connectivity index (χ2v) is 10.8. The Bertz CT molecular complexity index is 877. The van der Waals surface area contributed by atoms with E-state index in [2.05, 4.69) is 5.32 Å². The van der Waals surface area contributed by atoms with E-state index in [1.165, 1.54) is 32.0 Å². The number of nitrogens with zero attached hydrogens (tertiary/aromatic N) is 1. The Kier molecular flexibility index (Phi) is 7.77. The van der Waals surface area contributed by atoms with Crippen molar-refractivity contribution in [3.8, 4) is 6.07 Å². The quantitative estimate of drug-likeness (QED) is 0.672. The maximum absolute atomic E-state index is 14.5. The van der Waals surface area contributed by atoms with Gasteiger partial charge in [-0.2, -0.15) is 5.26 Å². The van der Waals surface area contributed by atoms with Gasteiger partial charge in [-0.15, -0.1) is 0 Å². The van der Waals surface area contributed by atoms with Gasteiger partial charge in [0.1, 0.15) is 18.1 Å². The molecule has 6 nitrogen and oxygen atoms in total. The van der Waals surface area contributed by atoms with E-state index in [1.807, 2.05) is 0 Å². The summed E-state index contributed by atoms with van der Waals surface area (Å²) < 4.78 is 57.0. The molecule has 0 bridgehead atoms. The van der Waals surface area contributed by atoms with Gasteiger partial charge in [0.25, 0.3) is 0 Å². The number of nitrogens with one attached hydrogen (secondary N) is 1. The minimum atomic E-state index is -3.81. The third-order valence-corrected chi connectivity index (χ3v) is 7.12. The molecule has 0 saturated heterocycles. The fourth-order valence-corrected chi connectivity index (χ4v) is 4.03. The summed E-state index contributed by atoms with van der Waals surface area (Å²) in [5.74, 6) is -1.04. The first-order valence-corrected chi connectivity index (χ1v) is 10.9. The normalized spacial score (nSPS) is 16.2. The van der Waals surface area contributed by atoms with Crippen LogP contribution in [-0.4, -0.2) is 37.3 Å². The van der Waals surface area contributed by atoms with Crippen molar-refractivity contribution in [2.24, 2.45) is 0 Å². The second-order valence-electron chi connectivity index (χ2n) is 8.07. The van der Waals surface area contributed by atoms with E-state index in [0.717, 1.165) is 6.07 Å². The van der Waals surface area contributed by atoms with Crippen molar-refractivity contribution in [1.82, 2.24) is 5.32 Å². The molecule has 0 fully saturated rings. The fraction of sp³-hybridized carbons (Fsp3) is 0.600. The van der Waals surface area contributed by atoms with E-state index in [-0.39, 0.29) is 24.2 Å². The molecule has 1 aromatic carbocycles. The molecule has 0 heterocycles. The van der Waals surface area contributed by atoms with Gasteiger partial charge in [-0.1, -0.05) is 25.1 Å². The number of sulfone groups is 1. The molecule has 2 atom stereocenters. The first-order chi connectivity index (χ1) is 13.3. The highest BCUT2D eigenvalue weighted by Crippen LogP contribution is 2.35. The average Bonchev–Trinajstić information content (AvgIpc) is 2.63. The zero-order valence-electron chi connectivity index (χ0n) is 17.4. The highest BCUT2D eigenvalue weighted by atomic mass is 32.2. The number of amides is 1. The summed E-state index contributed by atoms with van der Waals surface area (Å²) in [4.78, 5) is 12.4. The topological polar surface area (TPSA) is 96.3 Å². The van der Waals surface area contributed by atoms with Crippen LogP contribution in [0.4, 0.5) is 13.6 Å². The van der Waals surface area contributed by atoms with Gasteiger partial charge in [0, 0.05) is 11.3 Å². The standard InChI is InChI=1S/C20H28F2N2O4S/c1-6-29(26,27)19(5,14-23)11-12-20(13-21,15-9-7-8-10-16(15)22)24-17(25)28-18(2,3)4/h7-10H,6,11-13H2,1-5H3,(H,24,25)/t19?,20-/m1/s1. The smallest absolute Gasteiger partial charge is 0.408 e. The maximum atomic E-state index is 14.5. The molecule has 1 unspecified atom stereocenters. The number of carbonyl (C=O) groups excluding carboxylic acids is 1. The molecule has 0 aromatic heterocycles. The Labute approximate surface area is 171 Å². The summed E-state index contributed by atoms with van der Waals surface area (Å²) in [5.41, 5.74) is -2.93. The van der Waals surface area contributed by atoms with E-state index in [9.17, 15) is 27.3 Å². The van der Waals surface area contributed by atoms with Crippen LogP contribution >= 0.6 is 0 Å². The Balaban J connectivity index is 3.39. The second kappa shape index (κ2) is 9.08. The lowest BCUT2D eigenvalue weighted by Crippen LogP contribution is -2.51. The Morgan fingerprint density at radius 2 is 1.79 bits per heavy atom. The number of carbonyl (C=O) groups is 1. The number of alkyl halides is 1. The SMILES string of the molecule is CCS(=O)(=O)C(C)(C#N)CC[C@](CF)(NC(=O)OC(C)(C)C)c1ccccc1F. The van der Waals surface area contributed by atoms with Crippen LogP contribution in [-0.2, 0) is 20.1 Å². The minimum absolute atomic E-state index is 0.150. The van der Waals surface area contributed by atoms with E-state index in [4.69, 9.17) is 4.74 Å². The van der Waals surface area contributed by atoms with Crippen LogP contribution < -0.4 is 5.32 Å². The van der Waals surface area contributed by atoms with Crippen LogP contribution in [0.1, 0.15) is 53.0 Å². The van der Waals surface area contributed by atoms with Gasteiger partial charge in [0.15, 0.2) is 14.6 Å². The number of ether oxygens (including phenoxy) is 1. The number of hydrogen-bond acceptors (Lipinski definition) is 5.